The molecule has 15 heavy (non-hydrogen) atoms. The molecule has 1 aliphatic rings. The van der Waals surface area contributed by atoms with Gasteiger partial charge in [0.05, 0.1) is 12.4 Å². The van der Waals surface area contributed by atoms with Gasteiger partial charge in [-0.25, -0.2) is 4.98 Å². The summed E-state index contributed by atoms with van der Waals surface area (Å²) in [4.78, 5) is 15.6. The molecule has 2 heterocycles. The third kappa shape index (κ3) is 2.69. The zero-order chi connectivity index (χ0) is 10.5. The lowest BCUT2D eigenvalue weighted by atomic mass is 9.97. The molecule has 1 aliphatic heterocycles. The number of amides is 1. The van der Waals surface area contributed by atoms with Gasteiger partial charge in [-0.2, -0.15) is 5.10 Å². The fourth-order valence-electron chi connectivity index (χ4n) is 1.60. The minimum Gasteiger partial charge on any atom is -0.317 e. The van der Waals surface area contributed by atoms with Gasteiger partial charge in [-0.05, 0) is 25.9 Å². The smallest absolute Gasteiger partial charge is 0.249 e. The van der Waals surface area contributed by atoms with Gasteiger partial charge in [0.25, 0.3) is 0 Å². The van der Waals surface area contributed by atoms with Crippen LogP contribution in [0.5, 0.6) is 0 Å². The average molecular weight is 207 g/mol. The fraction of sp³-hybridized carbons (Fsp3) is 0.556. The normalized spacial score (nSPS) is 17.3. The van der Waals surface area contributed by atoms with Crippen LogP contribution in [0.4, 0.5) is 5.95 Å². The van der Waals surface area contributed by atoms with Gasteiger partial charge in [0.15, 0.2) is 0 Å². The van der Waals surface area contributed by atoms with E-state index in [4.69, 9.17) is 0 Å². The van der Waals surface area contributed by atoms with Gasteiger partial charge in [0.1, 0.15) is 0 Å². The highest BCUT2D eigenvalue weighted by Gasteiger charge is 2.21. The van der Waals surface area contributed by atoms with E-state index in [9.17, 15) is 4.79 Å². The van der Waals surface area contributed by atoms with Crippen molar-refractivity contribution in [3.05, 3.63) is 12.4 Å². The molecule has 1 aromatic heterocycles. The Balaban J connectivity index is 1.91. The Morgan fingerprint density at radius 3 is 2.87 bits per heavy atom. The van der Waals surface area contributed by atoms with E-state index in [2.05, 4.69) is 25.8 Å². The molecule has 1 saturated heterocycles. The van der Waals surface area contributed by atoms with Crippen LogP contribution in [-0.2, 0) is 4.79 Å². The van der Waals surface area contributed by atoms with Crippen LogP contribution in [0, 0.1) is 5.92 Å². The SMILES string of the molecule is O=C(Nc1nccnn1)C1CCNCC1. The average Bonchev–Trinajstić information content (AvgIpc) is 2.31. The molecule has 2 N–H and O–H groups in total. The van der Waals surface area contributed by atoms with Crippen LogP contribution in [0.25, 0.3) is 0 Å². The Bertz CT molecular complexity index is 323. The molecule has 0 aliphatic carbocycles. The highest BCUT2D eigenvalue weighted by atomic mass is 16.2. The maximum Gasteiger partial charge on any atom is 0.249 e. The van der Waals surface area contributed by atoms with Crippen molar-refractivity contribution in [2.45, 2.75) is 12.8 Å². The Kier molecular flexibility index (Phi) is 3.18. The largest absolute Gasteiger partial charge is 0.317 e. The second kappa shape index (κ2) is 4.79. The Labute approximate surface area is 87.5 Å². The number of nitrogens with zero attached hydrogens (tertiary/aromatic N) is 3. The number of nitrogens with one attached hydrogen (secondary N) is 2. The molecule has 1 fully saturated rings. The minimum atomic E-state index is -0.00972. The zero-order valence-electron chi connectivity index (χ0n) is 8.31. The van der Waals surface area contributed by atoms with Crippen molar-refractivity contribution in [2.24, 2.45) is 5.92 Å². The second-order valence-electron chi connectivity index (χ2n) is 3.48. The maximum atomic E-state index is 11.7. The molecule has 80 valence electrons. The Morgan fingerprint density at radius 2 is 2.20 bits per heavy atom. The molecule has 0 spiro atoms. The van der Waals surface area contributed by atoms with E-state index in [1.54, 1.807) is 0 Å². The standard InChI is InChI=1S/C9H13N5O/c15-8(7-1-3-10-4-2-7)13-9-11-5-6-12-14-9/h5-7,10H,1-4H2,(H,11,13,14,15). The van der Waals surface area contributed by atoms with Crippen LogP contribution in [0.2, 0.25) is 0 Å². The first-order valence-corrected chi connectivity index (χ1v) is 5.01. The van der Waals surface area contributed by atoms with Crippen molar-refractivity contribution in [3.8, 4) is 0 Å². The predicted octanol–water partition coefficient (Wildman–Crippen LogP) is -0.190. The summed E-state index contributed by atoms with van der Waals surface area (Å²) in [6.07, 6.45) is 4.71. The molecular formula is C9H13N5O. The summed E-state index contributed by atoms with van der Waals surface area (Å²) in [5.41, 5.74) is 0. The zero-order valence-corrected chi connectivity index (χ0v) is 8.31. The number of rotatable bonds is 2. The Hall–Kier alpha value is -1.56. The first kappa shape index (κ1) is 9.97. The molecule has 0 atom stereocenters. The van der Waals surface area contributed by atoms with Crippen LogP contribution in [0.3, 0.4) is 0 Å². The van der Waals surface area contributed by atoms with E-state index in [0.717, 1.165) is 25.9 Å². The van der Waals surface area contributed by atoms with Gasteiger partial charge in [-0.1, -0.05) is 0 Å². The molecule has 0 saturated carbocycles. The van der Waals surface area contributed by atoms with Gasteiger partial charge < -0.3 is 5.32 Å². The summed E-state index contributed by atoms with van der Waals surface area (Å²) in [6, 6.07) is 0. The number of piperidine rings is 1. The molecule has 1 amide bonds. The molecule has 6 heteroatoms. The van der Waals surface area contributed by atoms with Crippen molar-refractivity contribution in [1.82, 2.24) is 20.5 Å². The lowest BCUT2D eigenvalue weighted by Crippen LogP contribution is -2.34. The van der Waals surface area contributed by atoms with E-state index in [1.165, 1.54) is 12.4 Å². The molecule has 0 unspecified atom stereocenters. The molecular weight excluding hydrogens is 194 g/mol. The number of hydrogen-bond donors (Lipinski definition) is 2. The third-order valence-corrected chi connectivity index (χ3v) is 2.43. The van der Waals surface area contributed by atoms with Crippen molar-refractivity contribution >= 4 is 11.9 Å². The number of anilines is 1. The molecule has 0 radical (unpaired) electrons. The summed E-state index contributed by atoms with van der Waals surface area (Å²) < 4.78 is 0. The van der Waals surface area contributed by atoms with Crippen molar-refractivity contribution in [3.63, 3.8) is 0 Å². The van der Waals surface area contributed by atoms with Crippen molar-refractivity contribution < 1.29 is 4.79 Å². The summed E-state index contributed by atoms with van der Waals surface area (Å²) >= 11 is 0. The lowest BCUT2D eigenvalue weighted by molar-refractivity contribution is -0.120. The number of hydrogen-bond acceptors (Lipinski definition) is 5. The number of carbonyl (C=O) groups excluding carboxylic acids is 1. The summed E-state index contributed by atoms with van der Waals surface area (Å²) in [7, 11) is 0. The van der Waals surface area contributed by atoms with Gasteiger partial charge in [0, 0.05) is 5.92 Å². The van der Waals surface area contributed by atoms with Crippen LogP contribution >= 0.6 is 0 Å². The molecule has 1 aromatic rings. The topological polar surface area (TPSA) is 79.8 Å². The van der Waals surface area contributed by atoms with E-state index in [-0.39, 0.29) is 17.8 Å². The molecule has 6 nitrogen and oxygen atoms in total. The maximum absolute atomic E-state index is 11.7. The van der Waals surface area contributed by atoms with Gasteiger partial charge in [0.2, 0.25) is 11.9 Å². The van der Waals surface area contributed by atoms with Crippen LogP contribution in [0.15, 0.2) is 12.4 Å². The van der Waals surface area contributed by atoms with Crippen molar-refractivity contribution in [2.75, 3.05) is 18.4 Å². The van der Waals surface area contributed by atoms with Crippen LogP contribution < -0.4 is 10.6 Å². The number of carbonyl (C=O) groups is 1. The van der Waals surface area contributed by atoms with E-state index < -0.39 is 0 Å². The molecule has 0 bridgehead atoms. The van der Waals surface area contributed by atoms with Crippen LogP contribution in [-0.4, -0.2) is 34.2 Å². The molecule has 0 aromatic carbocycles. The third-order valence-electron chi connectivity index (χ3n) is 2.43. The van der Waals surface area contributed by atoms with Gasteiger partial charge >= 0.3 is 0 Å². The predicted molar refractivity (Wildman–Crippen MR) is 54.1 cm³/mol. The summed E-state index contributed by atoms with van der Waals surface area (Å²) in [5, 5.41) is 13.2. The van der Waals surface area contributed by atoms with E-state index in [1.807, 2.05) is 0 Å². The second-order valence-corrected chi connectivity index (χ2v) is 3.48. The highest BCUT2D eigenvalue weighted by Crippen LogP contribution is 2.12. The van der Waals surface area contributed by atoms with Gasteiger partial charge in [-0.3, -0.25) is 10.1 Å². The monoisotopic (exact) mass is 207 g/mol. The van der Waals surface area contributed by atoms with Crippen LogP contribution in [0.1, 0.15) is 12.8 Å². The lowest BCUT2D eigenvalue weighted by Gasteiger charge is -2.20. The highest BCUT2D eigenvalue weighted by molar-refractivity contribution is 5.90. The molecule has 2 rings (SSSR count). The first-order chi connectivity index (χ1) is 7.36. The van der Waals surface area contributed by atoms with Gasteiger partial charge in [-0.15, -0.1) is 5.10 Å². The van der Waals surface area contributed by atoms with E-state index >= 15 is 0 Å². The van der Waals surface area contributed by atoms with E-state index in [0.29, 0.717) is 0 Å². The first-order valence-electron chi connectivity index (χ1n) is 5.01. The summed E-state index contributed by atoms with van der Waals surface area (Å²) in [5.74, 6) is 0.334. The fourth-order valence-corrected chi connectivity index (χ4v) is 1.60. The van der Waals surface area contributed by atoms with Crippen molar-refractivity contribution in [1.29, 1.82) is 0 Å². The summed E-state index contributed by atoms with van der Waals surface area (Å²) in [6.45, 7) is 1.79. The quantitative estimate of drug-likeness (QED) is 0.702. The Morgan fingerprint density at radius 1 is 1.40 bits per heavy atom. The number of aromatic nitrogens is 3. The minimum absolute atomic E-state index is 0.00972.